The minimum absolute atomic E-state index is 0.0191. The fourth-order valence-corrected chi connectivity index (χ4v) is 7.00. The van der Waals surface area contributed by atoms with Crippen LogP contribution < -0.4 is 10.6 Å². The molecular formula is C27H35N5O10S2. The average Bonchev–Trinajstić information content (AvgIpc) is 3.52. The van der Waals surface area contributed by atoms with Gasteiger partial charge in [0.2, 0.25) is 5.91 Å². The molecule has 0 spiro atoms. The molecule has 4 rings (SSSR count). The number of oxime groups is 1. The summed E-state index contributed by atoms with van der Waals surface area (Å²) in [5.41, 5.74) is -1.82. The maximum atomic E-state index is 13.4. The number of hydrogen-bond acceptors (Lipinski definition) is 14. The van der Waals surface area contributed by atoms with E-state index in [9.17, 15) is 24.0 Å². The van der Waals surface area contributed by atoms with Crippen LogP contribution in [0.1, 0.15) is 46.7 Å². The van der Waals surface area contributed by atoms with Gasteiger partial charge >= 0.3 is 18.0 Å². The van der Waals surface area contributed by atoms with Crippen LogP contribution in [0.4, 0.5) is 9.93 Å². The molecule has 3 saturated heterocycles. The summed E-state index contributed by atoms with van der Waals surface area (Å²) in [6, 6.07) is 0. The molecule has 240 valence electrons. The van der Waals surface area contributed by atoms with Crippen LogP contribution in [-0.2, 0) is 38.2 Å². The molecule has 1 aromatic heterocycles. The maximum absolute atomic E-state index is 13.4. The van der Waals surface area contributed by atoms with Crippen LogP contribution in [0, 0.1) is 11.8 Å². The van der Waals surface area contributed by atoms with Gasteiger partial charge in [0.1, 0.15) is 24.5 Å². The standard InChI is InChI=1S/C27H35N5O10S2/c1-14(2)6-8-39-23(37)27-15(10-18(34)41-27)12-43-22-16(21(36)32(22)27)11-28-20(35)19(31-40-9-7-33)17-13-44-24(29-17)30-25(38)42-26(3,4)5/h6,13,15-16,22,33H,7-12H2,1-5H3,(H,28,35)(H,29,30,38)/b31-19-/t15-,16+,22+,27+/m0/s1. The van der Waals surface area contributed by atoms with Gasteiger partial charge in [0.05, 0.1) is 24.3 Å². The average molecular weight is 654 g/mol. The van der Waals surface area contributed by atoms with E-state index in [4.69, 9.17) is 24.2 Å². The van der Waals surface area contributed by atoms with E-state index in [1.54, 1.807) is 26.8 Å². The molecule has 3 N–H and O–H groups in total. The van der Waals surface area contributed by atoms with E-state index >= 15 is 0 Å². The molecule has 0 bridgehead atoms. The Bertz CT molecular complexity index is 1370. The Morgan fingerprint density at radius 3 is 2.73 bits per heavy atom. The summed E-state index contributed by atoms with van der Waals surface area (Å²) in [6.45, 7) is 8.13. The van der Waals surface area contributed by atoms with Crippen LogP contribution in [0.2, 0.25) is 0 Å². The van der Waals surface area contributed by atoms with Gasteiger partial charge in [-0.2, -0.15) is 0 Å². The molecule has 4 atom stereocenters. The highest BCUT2D eigenvalue weighted by atomic mass is 32.2. The smallest absolute Gasteiger partial charge is 0.413 e. The number of esters is 2. The van der Waals surface area contributed by atoms with Crippen molar-refractivity contribution in [1.29, 1.82) is 0 Å². The number of aromatic nitrogens is 1. The molecule has 0 radical (unpaired) electrons. The number of carbonyl (C=O) groups is 5. The highest BCUT2D eigenvalue weighted by Gasteiger charge is 2.71. The third kappa shape index (κ3) is 7.15. The molecule has 4 heterocycles. The Hall–Kier alpha value is -3.70. The monoisotopic (exact) mass is 653 g/mol. The molecule has 0 saturated carbocycles. The van der Waals surface area contributed by atoms with Gasteiger partial charge in [-0.25, -0.2) is 14.6 Å². The first-order valence-corrected chi connectivity index (χ1v) is 15.7. The number of thiazole rings is 1. The number of allylic oxidation sites excluding steroid dienone is 1. The second-order valence-electron chi connectivity index (χ2n) is 11.4. The van der Waals surface area contributed by atoms with Crippen molar-refractivity contribution in [3.05, 3.63) is 22.7 Å². The van der Waals surface area contributed by atoms with E-state index in [-0.39, 0.29) is 49.3 Å². The number of hydrogen-bond donors (Lipinski definition) is 3. The van der Waals surface area contributed by atoms with Crippen molar-refractivity contribution in [2.45, 2.75) is 57.7 Å². The lowest BCUT2D eigenvalue weighted by Crippen LogP contribution is -2.76. The molecule has 0 aliphatic carbocycles. The van der Waals surface area contributed by atoms with Gasteiger partial charge in [-0.3, -0.25) is 24.6 Å². The summed E-state index contributed by atoms with van der Waals surface area (Å²) >= 11 is 2.41. The first kappa shape index (κ1) is 33.2. The molecule has 15 nitrogen and oxygen atoms in total. The number of fused-ring (bicyclic) bond motifs is 3. The number of rotatable bonds is 11. The summed E-state index contributed by atoms with van der Waals surface area (Å²) in [6.07, 6.45) is 0.951. The summed E-state index contributed by atoms with van der Waals surface area (Å²) in [4.78, 5) is 74.8. The van der Waals surface area contributed by atoms with Gasteiger partial charge in [0.25, 0.3) is 11.6 Å². The van der Waals surface area contributed by atoms with Crippen molar-refractivity contribution >= 4 is 63.8 Å². The predicted molar refractivity (Wildman–Crippen MR) is 158 cm³/mol. The molecule has 44 heavy (non-hydrogen) atoms. The molecule has 3 amide bonds. The fourth-order valence-electron chi connectivity index (χ4n) is 4.69. The Kier molecular flexibility index (Phi) is 10.2. The minimum Gasteiger partial charge on any atom is -0.457 e. The lowest BCUT2D eigenvalue weighted by atomic mass is 9.86. The van der Waals surface area contributed by atoms with E-state index < -0.39 is 58.4 Å². The quantitative estimate of drug-likeness (QED) is 0.0595. The number of anilines is 1. The Balaban J connectivity index is 1.45. The van der Waals surface area contributed by atoms with Gasteiger partial charge in [-0.1, -0.05) is 10.7 Å². The van der Waals surface area contributed by atoms with E-state index in [1.807, 2.05) is 13.8 Å². The van der Waals surface area contributed by atoms with Crippen LogP contribution in [-0.4, -0.2) is 99.4 Å². The zero-order valence-electron chi connectivity index (χ0n) is 24.9. The number of aliphatic hydroxyl groups excluding tert-OH is 1. The van der Waals surface area contributed by atoms with E-state index in [0.29, 0.717) is 5.75 Å². The van der Waals surface area contributed by atoms with Crippen molar-refractivity contribution in [2.24, 2.45) is 17.0 Å². The van der Waals surface area contributed by atoms with E-state index in [1.165, 1.54) is 22.0 Å². The summed E-state index contributed by atoms with van der Waals surface area (Å²) in [7, 11) is 0. The summed E-state index contributed by atoms with van der Waals surface area (Å²) < 4.78 is 16.1. The van der Waals surface area contributed by atoms with Gasteiger partial charge in [-0.15, -0.1) is 23.1 Å². The molecule has 3 aliphatic heterocycles. The predicted octanol–water partition coefficient (Wildman–Crippen LogP) is 1.62. The van der Waals surface area contributed by atoms with Crippen molar-refractivity contribution in [3.8, 4) is 0 Å². The Morgan fingerprint density at radius 2 is 2.05 bits per heavy atom. The Labute approximate surface area is 261 Å². The number of β-lactam (4-membered cyclic amide) rings is 1. The number of thioether (sulfide) groups is 1. The van der Waals surface area contributed by atoms with Crippen LogP contribution in [0.15, 0.2) is 22.2 Å². The molecule has 3 aliphatic rings. The topological polar surface area (TPSA) is 195 Å². The zero-order chi connectivity index (χ0) is 32.2. The van der Waals surface area contributed by atoms with Crippen molar-refractivity contribution in [1.82, 2.24) is 15.2 Å². The lowest BCUT2D eigenvalue weighted by Gasteiger charge is -2.57. The molecular weight excluding hydrogens is 618 g/mol. The minimum atomic E-state index is -1.84. The first-order valence-electron chi connectivity index (χ1n) is 13.8. The van der Waals surface area contributed by atoms with Crippen molar-refractivity contribution in [2.75, 3.05) is 37.4 Å². The SMILES string of the molecule is CC(C)=CCOC(=O)[C@]12OC(=O)C[C@H]1CS[C@@H]1[C@H](CNC(=O)/C(=N\OCCO)c3csc(NC(=O)OC(C)(C)C)n3)C(=O)N12. The number of aliphatic hydroxyl groups is 1. The highest BCUT2D eigenvalue weighted by Crippen LogP contribution is 2.53. The van der Waals surface area contributed by atoms with Gasteiger partial charge in [-0.05, 0) is 40.7 Å². The molecule has 3 fully saturated rings. The van der Waals surface area contributed by atoms with Crippen LogP contribution in [0.5, 0.6) is 0 Å². The second-order valence-corrected chi connectivity index (χ2v) is 13.4. The van der Waals surface area contributed by atoms with Gasteiger partial charge in [0, 0.05) is 23.6 Å². The number of nitrogens with one attached hydrogen (secondary N) is 2. The van der Waals surface area contributed by atoms with Crippen LogP contribution in [0.25, 0.3) is 0 Å². The normalized spacial score (nSPS) is 24.3. The van der Waals surface area contributed by atoms with Crippen LogP contribution >= 0.6 is 23.1 Å². The fraction of sp³-hybridized carbons (Fsp3) is 0.593. The second kappa shape index (κ2) is 13.5. The molecule has 0 unspecified atom stereocenters. The third-order valence-corrected chi connectivity index (χ3v) is 8.84. The number of nitrogens with zero attached hydrogens (tertiary/aromatic N) is 3. The zero-order valence-corrected chi connectivity index (χ0v) is 26.5. The lowest BCUT2D eigenvalue weighted by molar-refractivity contribution is -0.221. The highest BCUT2D eigenvalue weighted by molar-refractivity contribution is 8.00. The number of ether oxygens (including phenoxy) is 3. The third-order valence-electron chi connectivity index (χ3n) is 6.60. The number of carbonyl (C=O) groups excluding carboxylic acids is 5. The van der Waals surface area contributed by atoms with Crippen molar-refractivity contribution < 1.29 is 48.1 Å². The summed E-state index contributed by atoms with van der Waals surface area (Å²) in [5.74, 6) is -3.53. The first-order chi connectivity index (χ1) is 20.8. The van der Waals surface area contributed by atoms with Gasteiger partial charge in [0.15, 0.2) is 10.8 Å². The molecule has 0 aromatic carbocycles. The summed E-state index contributed by atoms with van der Waals surface area (Å²) in [5, 5.41) is 19.1. The molecule has 1 aromatic rings. The van der Waals surface area contributed by atoms with Gasteiger partial charge < -0.3 is 29.5 Å². The maximum Gasteiger partial charge on any atom is 0.413 e. The van der Waals surface area contributed by atoms with E-state index in [2.05, 4.69) is 20.8 Å². The number of amides is 3. The van der Waals surface area contributed by atoms with Crippen LogP contribution in [0.3, 0.4) is 0 Å². The largest absolute Gasteiger partial charge is 0.457 e. The van der Waals surface area contributed by atoms with Crippen molar-refractivity contribution in [3.63, 3.8) is 0 Å². The Morgan fingerprint density at radius 1 is 1.30 bits per heavy atom. The molecule has 17 heteroatoms. The van der Waals surface area contributed by atoms with E-state index in [0.717, 1.165) is 16.9 Å².